The van der Waals surface area contributed by atoms with Gasteiger partial charge in [0.15, 0.2) is 16.8 Å². The summed E-state index contributed by atoms with van der Waals surface area (Å²) in [5.41, 5.74) is 1.75. The Bertz CT molecular complexity index is 939. The Kier molecular flexibility index (Phi) is 7.06. The molecule has 0 fully saturated rings. The number of hydrogen-bond acceptors (Lipinski definition) is 5. The SMILES string of the molecule is CC[C@@H](c1nnc(SCC(=O)c2ccc(O)cc2)n1Cc1ccccc1)[NH+](C)C. The van der Waals surface area contributed by atoms with E-state index in [4.69, 9.17) is 0 Å². The minimum atomic E-state index is -0.00362. The van der Waals surface area contributed by atoms with Gasteiger partial charge < -0.3 is 10.0 Å². The molecule has 7 heteroatoms. The highest BCUT2D eigenvalue weighted by Gasteiger charge is 2.25. The van der Waals surface area contributed by atoms with Crippen molar-refractivity contribution in [2.24, 2.45) is 0 Å². The smallest absolute Gasteiger partial charge is 0.192 e. The first kappa shape index (κ1) is 21.1. The van der Waals surface area contributed by atoms with Crippen molar-refractivity contribution in [3.8, 4) is 5.75 Å². The van der Waals surface area contributed by atoms with Crippen LogP contribution in [0.25, 0.3) is 0 Å². The van der Waals surface area contributed by atoms with Gasteiger partial charge in [0.2, 0.25) is 0 Å². The number of thioether (sulfide) groups is 1. The number of carbonyl (C=O) groups excluding carboxylic acids is 1. The molecule has 0 radical (unpaired) electrons. The van der Waals surface area contributed by atoms with Gasteiger partial charge in [0.05, 0.1) is 26.4 Å². The van der Waals surface area contributed by atoms with E-state index in [0.29, 0.717) is 12.1 Å². The number of phenols is 1. The fraction of sp³-hybridized carbons (Fsp3) is 0.318. The molecule has 0 amide bonds. The van der Waals surface area contributed by atoms with Crippen molar-refractivity contribution >= 4 is 17.5 Å². The van der Waals surface area contributed by atoms with Gasteiger partial charge in [-0.25, -0.2) is 0 Å². The van der Waals surface area contributed by atoms with Gasteiger partial charge in [0, 0.05) is 12.0 Å². The van der Waals surface area contributed by atoms with E-state index in [0.717, 1.165) is 17.4 Å². The maximum atomic E-state index is 12.5. The maximum Gasteiger partial charge on any atom is 0.192 e. The summed E-state index contributed by atoms with van der Waals surface area (Å²) in [6, 6.07) is 16.8. The van der Waals surface area contributed by atoms with E-state index >= 15 is 0 Å². The average molecular weight is 412 g/mol. The number of phenolic OH excluding ortho intramolecular Hbond substituents is 1. The Morgan fingerprint density at radius 3 is 2.41 bits per heavy atom. The second kappa shape index (κ2) is 9.71. The van der Waals surface area contributed by atoms with E-state index in [1.165, 1.54) is 34.4 Å². The van der Waals surface area contributed by atoms with Crippen molar-refractivity contribution in [3.05, 3.63) is 71.5 Å². The molecule has 0 spiro atoms. The van der Waals surface area contributed by atoms with Crippen LogP contribution in [-0.2, 0) is 6.54 Å². The van der Waals surface area contributed by atoms with Gasteiger partial charge in [0.1, 0.15) is 11.8 Å². The summed E-state index contributed by atoms with van der Waals surface area (Å²) >= 11 is 1.40. The summed E-state index contributed by atoms with van der Waals surface area (Å²) < 4.78 is 2.13. The van der Waals surface area contributed by atoms with Crippen molar-refractivity contribution in [1.29, 1.82) is 0 Å². The molecule has 3 rings (SSSR count). The lowest BCUT2D eigenvalue weighted by molar-refractivity contribution is -0.893. The molecule has 0 aliphatic carbocycles. The number of carbonyl (C=O) groups is 1. The number of rotatable bonds is 9. The van der Waals surface area contributed by atoms with Crippen LogP contribution in [0.15, 0.2) is 59.8 Å². The minimum absolute atomic E-state index is 0.00362. The van der Waals surface area contributed by atoms with Crippen LogP contribution < -0.4 is 4.90 Å². The molecule has 1 atom stereocenters. The largest absolute Gasteiger partial charge is 0.508 e. The Labute approximate surface area is 175 Å². The van der Waals surface area contributed by atoms with E-state index < -0.39 is 0 Å². The summed E-state index contributed by atoms with van der Waals surface area (Å²) in [4.78, 5) is 13.8. The summed E-state index contributed by atoms with van der Waals surface area (Å²) in [6.07, 6.45) is 0.951. The number of quaternary nitrogens is 1. The number of hydrogen-bond donors (Lipinski definition) is 2. The molecule has 2 N–H and O–H groups in total. The second-order valence-electron chi connectivity index (χ2n) is 7.21. The predicted molar refractivity (Wildman–Crippen MR) is 115 cm³/mol. The van der Waals surface area contributed by atoms with Gasteiger partial charge in [-0.2, -0.15) is 0 Å². The fourth-order valence-corrected chi connectivity index (χ4v) is 4.13. The van der Waals surface area contributed by atoms with E-state index in [2.05, 4.69) is 47.9 Å². The molecular formula is C22H27N4O2S+. The van der Waals surface area contributed by atoms with Crippen LogP contribution in [0, 0.1) is 0 Å². The van der Waals surface area contributed by atoms with Crippen LogP contribution in [0.3, 0.4) is 0 Å². The molecule has 1 aromatic heterocycles. The van der Waals surface area contributed by atoms with E-state index in [9.17, 15) is 9.90 Å². The van der Waals surface area contributed by atoms with Gasteiger partial charge in [-0.3, -0.25) is 9.36 Å². The lowest BCUT2D eigenvalue weighted by Gasteiger charge is -2.20. The third kappa shape index (κ3) is 5.25. The fourth-order valence-electron chi connectivity index (χ4n) is 3.29. The quantitative estimate of drug-likeness (QED) is 0.418. The second-order valence-corrected chi connectivity index (χ2v) is 8.15. The molecule has 6 nitrogen and oxygen atoms in total. The minimum Gasteiger partial charge on any atom is -0.508 e. The number of aromatic hydroxyl groups is 1. The van der Waals surface area contributed by atoms with Crippen LogP contribution in [0.5, 0.6) is 5.75 Å². The van der Waals surface area contributed by atoms with E-state index in [1.807, 2.05) is 18.2 Å². The zero-order chi connectivity index (χ0) is 20.8. The normalized spacial score (nSPS) is 12.3. The molecule has 0 aliphatic rings. The summed E-state index contributed by atoms with van der Waals surface area (Å²) in [6.45, 7) is 2.82. The van der Waals surface area contributed by atoms with Crippen LogP contribution in [0.2, 0.25) is 0 Å². The van der Waals surface area contributed by atoms with Crippen LogP contribution in [0.1, 0.15) is 41.1 Å². The van der Waals surface area contributed by atoms with E-state index in [-0.39, 0.29) is 23.3 Å². The molecule has 152 valence electrons. The molecular weight excluding hydrogens is 384 g/mol. The molecule has 3 aromatic rings. The maximum absolute atomic E-state index is 12.5. The molecule has 0 bridgehead atoms. The molecule has 1 heterocycles. The predicted octanol–water partition coefficient (Wildman–Crippen LogP) is 2.60. The van der Waals surface area contributed by atoms with Gasteiger partial charge in [-0.15, -0.1) is 10.2 Å². The van der Waals surface area contributed by atoms with Gasteiger partial charge in [0.25, 0.3) is 0 Å². The zero-order valence-corrected chi connectivity index (χ0v) is 17.8. The van der Waals surface area contributed by atoms with Crippen LogP contribution in [0.4, 0.5) is 0 Å². The average Bonchev–Trinajstić information content (AvgIpc) is 3.10. The van der Waals surface area contributed by atoms with Crippen LogP contribution >= 0.6 is 11.8 Å². The van der Waals surface area contributed by atoms with Crippen molar-refractivity contribution in [1.82, 2.24) is 14.8 Å². The first-order valence-electron chi connectivity index (χ1n) is 9.71. The van der Waals surface area contributed by atoms with Gasteiger partial charge >= 0.3 is 0 Å². The first-order valence-corrected chi connectivity index (χ1v) is 10.7. The molecule has 0 aliphatic heterocycles. The summed E-state index contributed by atoms with van der Waals surface area (Å²) in [7, 11) is 4.24. The van der Waals surface area contributed by atoms with Crippen molar-refractivity contribution in [3.63, 3.8) is 0 Å². The summed E-state index contributed by atoms with van der Waals surface area (Å²) in [5.74, 6) is 1.36. The van der Waals surface area contributed by atoms with Crippen molar-refractivity contribution in [2.75, 3.05) is 19.8 Å². The molecule has 0 unspecified atom stereocenters. The number of nitrogens with zero attached hydrogens (tertiary/aromatic N) is 3. The van der Waals surface area contributed by atoms with E-state index in [1.54, 1.807) is 12.1 Å². The lowest BCUT2D eigenvalue weighted by atomic mass is 10.1. The molecule has 0 saturated heterocycles. The zero-order valence-electron chi connectivity index (χ0n) is 17.0. The van der Waals surface area contributed by atoms with Gasteiger partial charge in [-0.05, 0) is 29.8 Å². The molecule has 0 saturated carbocycles. The molecule has 2 aromatic carbocycles. The number of aromatic nitrogens is 3. The van der Waals surface area contributed by atoms with Crippen LogP contribution in [-0.4, -0.2) is 45.5 Å². The standard InChI is InChI=1S/C22H26N4O2S/c1-4-19(25(2)3)21-23-24-22(26(21)14-16-8-6-5-7-9-16)29-15-20(28)17-10-12-18(27)13-11-17/h5-13,19,27H,4,14-15H2,1-3H3/p+1/t19-/m0/s1. The number of ketones is 1. The number of benzene rings is 2. The van der Waals surface area contributed by atoms with Crippen molar-refractivity contribution in [2.45, 2.75) is 31.1 Å². The van der Waals surface area contributed by atoms with Gasteiger partial charge in [-0.1, -0.05) is 49.0 Å². The highest BCUT2D eigenvalue weighted by atomic mass is 32.2. The highest BCUT2D eigenvalue weighted by molar-refractivity contribution is 7.99. The topological polar surface area (TPSA) is 72.4 Å². The highest BCUT2D eigenvalue weighted by Crippen LogP contribution is 2.23. The van der Waals surface area contributed by atoms with Crippen molar-refractivity contribution < 1.29 is 14.8 Å². The monoisotopic (exact) mass is 411 g/mol. The number of Topliss-reactive ketones (excluding diaryl/α,β-unsaturated/α-hetero) is 1. The Balaban J connectivity index is 1.84. The lowest BCUT2D eigenvalue weighted by Crippen LogP contribution is -3.06. The third-order valence-electron chi connectivity index (χ3n) is 4.87. The molecule has 29 heavy (non-hydrogen) atoms. The summed E-state index contributed by atoms with van der Waals surface area (Å²) in [5, 5.41) is 19.1. The number of nitrogens with one attached hydrogen (secondary N) is 1. The Morgan fingerprint density at radius 1 is 1.10 bits per heavy atom. The first-order chi connectivity index (χ1) is 14.0. The Morgan fingerprint density at radius 2 is 1.79 bits per heavy atom. The Hall–Kier alpha value is -2.64. The third-order valence-corrected chi connectivity index (χ3v) is 5.83.